The molecule has 4 heteroatoms. The summed E-state index contributed by atoms with van der Waals surface area (Å²) in [6.45, 7) is 0. The SMILES string of the molecule is CNC(=O)Cc1ccc(-c2ccccc2F)cc1F. The van der Waals surface area contributed by atoms with Crippen LogP contribution in [-0.4, -0.2) is 13.0 Å². The van der Waals surface area contributed by atoms with Gasteiger partial charge in [-0.15, -0.1) is 0 Å². The molecule has 1 amide bonds. The minimum Gasteiger partial charge on any atom is -0.359 e. The number of benzene rings is 2. The number of likely N-dealkylation sites (N-methyl/N-ethyl adjacent to an activating group) is 1. The maximum absolute atomic E-state index is 13.9. The lowest BCUT2D eigenvalue weighted by molar-refractivity contribution is -0.120. The maximum Gasteiger partial charge on any atom is 0.224 e. The van der Waals surface area contributed by atoms with Crippen molar-refractivity contribution in [3.05, 3.63) is 59.7 Å². The molecule has 0 aliphatic heterocycles. The first kappa shape index (κ1) is 13.2. The quantitative estimate of drug-likeness (QED) is 0.904. The molecule has 2 aromatic rings. The summed E-state index contributed by atoms with van der Waals surface area (Å²) in [4.78, 5) is 11.2. The number of rotatable bonds is 3. The van der Waals surface area contributed by atoms with Crippen LogP contribution in [-0.2, 0) is 11.2 Å². The van der Waals surface area contributed by atoms with Crippen LogP contribution in [0.3, 0.4) is 0 Å². The molecule has 98 valence electrons. The molecule has 0 aromatic heterocycles. The fourth-order valence-corrected chi connectivity index (χ4v) is 1.81. The Kier molecular flexibility index (Phi) is 3.90. The van der Waals surface area contributed by atoms with Crippen LogP contribution >= 0.6 is 0 Å². The fraction of sp³-hybridized carbons (Fsp3) is 0.133. The number of amides is 1. The van der Waals surface area contributed by atoms with Gasteiger partial charge in [-0.3, -0.25) is 4.79 Å². The van der Waals surface area contributed by atoms with Crippen molar-refractivity contribution in [1.29, 1.82) is 0 Å². The molecule has 0 bridgehead atoms. The Labute approximate surface area is 110 Å². The van der Waals surface area contributed by atoms with Crippen molar-refractivity contribution in [2.75, 3.05) is 7.05 Å². The third kappa shape index (κ3) is 2.96. The fourth-order valence-electron chi connectivity index (χ4n) is 1.81. The van der Waals surface area contributed by atoms with Crippen LogP contribution in [0.5, 0.6) is 0 Å². The number of carbonyl (C=O) groups is 1. The van der Waals surface area contributed by atoms with Crippen LogP contribution in [0.4, 0.5) is 8.78 Å². The summed E-state index contributed by atoms with van der Waals surface area (Å²) in [7, 11) is 1.49. The second kappa shape index (κ2) is 5.61. The number of carbonyl (C=O) groups excluding carboxylic acids is 1. The topological polar surface area (TPSA) is 29.1 Å². The standard InChI is InChI=1S/C15H13F2NO/c1-18-15(19)9-11-7-6-10(8-14(11)17)12-4-2-3-5-13(12)16/h2-8H,9H2,1H3,(H,18,19). The van der Waals surface area contributed by atoms with Crippen molar-refractivity contribution in [3.8, 4) is 11.1 Å². The van der Waals surface area contributed by atoms with Gasteiger partial charge in [-0.25, -0.2) is 8.78 Å². The Morgan fingerprint density at radius 3 is 2.47 bits per heavy atom. The van der Waals surface area contributed by atoms with E-state index < -0.39 is 11.6 Å². The normalized spacial score (nSPS) is 10.3. The average Bonchev–Trinajstić information content (AvgIpc) is 2.41. The van der Waals surface area contributed by atoms with Crippen molar-refractivity contribution in [3.63, 3.8) is 0 Å². The van der Waals surface area contributed by atoms with Gasteiger partial charge in [-0.2, -0.15) is 0 Å². The summed E-state index contributed by atoms with van der Waals surface area (Å²) in [5.41, 5.74) is 1.09. The first-order chi connectivity index (χ1) is 9.11. The summed E-state index contributed by atoms with van der Waals surface area (Å²) in [5.74, 6) is -1.18. The predicted octanol–water partition coefficient (Wildman–Crippen LogP) is 2.92. The van der Waals surface area contributed by atoms with Crippen LogP contribution < -0.4 is 5.32 Å². The van der Waals surface area contributed by atoms with E-state index in [9.17, 15) is 13.6 Å². The second-order valence-electron chi connectivity index (χ2n) is 4.14. The Bertz CT molecular complexity index is 611. The Balaban J connectivity index is 2.34. The number of halogens is 2. The third-order valence-corrected chi connectivity index (χ3v) is 2.87. The van der Waals surface area contributed by atoms with Crippen LogP contribution in [0.1, 0.15) is 5.56 Å². The maximum atomic E-state index is 13.9. The minimum absolute atomic E-state index is 0.0279. The predicted molar refractivity (Wildman–Crippen MR) is 69.6 cm³/mol. The molecule has 0 heterocycles. The highest BCUT2D eigenvalue weighted by atomic mass is 19.1. The molecule has 2 rings (SSSR count). The van der Waals surface area contributed by atoms with Crippen molar-refractivity contribution in [1.82, 2.24) is 5.32 Å². The summed E-state index contributed by atoms with van der Waals surface area (Å²) in [5, 5.41) is 2.43. The zero-order chi connectivity index (χ0) is 13.8. The molecule has 0 radical (unpaired) electrons. The van der Waals surface area contributed by atoms with Gasteiger partial charge in [0.2, 0.25) is 5.91 Å². The Morgan fingerprint density at radius 1 is 1.11 bits per heavy atom. The number of nitrogens with one attached hydrogen (secondary N) is 1. The molecule has 2 aromatic carbocycles. The van der Waals surface area contributed by atoms with Gasteiger partial charge in [0.05, 0.1) is 6.42 Å². The van der Waals surface area contributed by atoms with E-state index in [-0.39, 0.29) is 12.3 Å². The van der Waals surface area contributed by atoms with Crippen molar-refractivity contribution < 1.29 is 13.6 Å². The van der Waals surface area contributed by atoms with Crippen LogP contribution in [0.25, 0.3) is 11.1 Å². The second-order valence-corrected chi connectivity index (χ2v) is 4.14. The lowest BCUT2D eigenvalue weighted by Crippen LogP contribution is -2.20. The Morgan fingerprint density at radius 2 is 1.84 bits per heavy atom. The van der Waals surface area contributed by atoms with E-state index in [4.69, 9.17) is 0 Å². The molecule has 0 atom stereocenters. The molecule has 19 heavy (non-hydrogen) atoms. The molecule has 0 unspecified atom stereocenters. The van der Waals surface area contributed by atoms with E-state index in [1.165, 1.54) is 25.2 Å². The molecule has 0 fully saturated rings. The summed E-state index contributed by atoms with van der Waals surface area (Å²) in [6, 6.07) is 10.5. The lowest BCUT2D eigenvalue weighted by Gasteiger charge is -2.07. The molecule has 0 saturated heterocycles. The minimum atomic E-state index is -0.510. The van der Waals surface area contributed by atoms with Crippen LogP contribution in [0, 0.1) is 11.6 Å². The number of hydrogen-bond acceptors (Lipinski definition) is 1. The van der Waals surface area contributed by atoms with E-state index in [0.29, 0.717) is 16.7 Å². The van der Waals surface area contributed by atoms with Gasteiger partial charge in [0.25, 0.3) is 0 Å². The monoisotopic (exact) mass is 261 g/mol. The summed E-state index contributed by atoms with van der Waals surface area (Å²) < 4.78 is 27.4. The van der Waals surface area contributed by atoms with Gasteiger partial charge < -0.3 is 5.32 Å². The van der Waals surface area contributed by atoms with Gasteiger partial charge in [0.1, 0.15) is 11.6 Å². The highest BCUT2D eigenvalue weighted by Crippen LogP contribution is 2.24. The molecular formula is C15H13F2NO. The summed E-state index contributed by atoms with van der Waals surface area (Å²) in [6.07, 6.45) is -0.0279. The van der Waals surface area contributed by atoms with E-state index in [0.717, 1.165) is 0 Å². The van der Waals surface area contributed by atoms with Gasteiger partial charge in [0.15, 0.2) is 0 Å². The van der Waals surface area contributed by atoms with E-state index in [1.807, 2.05) is 0 Å². The van der Waals surface area contributed by atoms with E-state index >= 15 is 0 Å². The zero-order valence-electron chi connectivity index (χ0n) is 10.4. The van der Waals surface area contributed by atoms with Crippen LogP contribution in [0.2, 0.25) is 0 Å². The molecule has 1 N–H and O–H groups in total. The average molecular weight is 261 g/mol. The zero-order valence-corrected chi connectivity index (χ0v) is 10.4. The van der Waals surface area contributed by atoms with Crippen molar-refractivity contribution in [2.24, 2.45) is 0 Å². The molecule has 0 spiro atoms. The smallest absolute Gasteiger partial charge is 0.224 e. The van der Waals surface area contributed by atoms with Gasteiger partial charge in [-0.05, 0) is 23.3 Å². The molecule has 0 aliphatic rings. The Hall–Kier alpha value is -2.23. The van der Waals surface area contributed by atoms with Crippen LogP contribution in [0.15, 0.2) is 42.5 Å². The van der Waals surface area contributed by atoms with E-state index in [2.05, 4.69) is 5.32 Å². The largest absolute Gasteiger partial charge is 0.359 e. The highest BCUT2D eigenvalue weighted by Gasteiger charge is 2.10. The third-order valence-electron chi connectivity index (χ3n) is 2.87. The molecule has 0 saturated carbocycles. The molecule has 0 aliphatic carbocycles. The first-order valence-electron chi connectivity index (χ1n) is 5.85. The first-order valence-corrected chi connectivity index (χ1v) is 5.85. The molecule has 2 nitrogen and oxygen atoms in total. The highest BCUT2D eigenvalue weighted by molar-refractivity contribution is 5.78. The van der Waals surface area contributed by atoms with Gasteiger partial charge >= 0.3 is 0 Å². The van der Waals surface area contributed by atoms with Gasteiger partial charge in [0, 0.05) is 12.6 Å². The van der Waals surface area contributed by atoms with Crippen molar-refractivity contribution >= 4 is 5.91 Å². The molecular weight excluding hydrogens is 248 g/mol. The lowest BCUT2D eigenvalue weighted by atomic mass is 10.0. The summed E-state index contributed by atoms with van der Waals surface area (Å²) >= 11 is 0. The van der Waals surface area contributed by atoms with Crippen molar-refractivity contribution in [2.45, 2.75) is 6.42 Å². The number of hydrogen-bond donors (Lipinski definition) is 1. The van der Waals surface area contributed by atoms with Gasteiger partial charge in [-0.1, -0.05) is 30.3 Å². The van der Waals surface area contributed by atoms with E-state index in [1.54, 1.807) is 24.3 Å².